The topological polar surface area (TPSA) is 105 Å². The number of nitro benzene ring substituents is 1. The predicted molar refractivity (Wildman–Crippen MR) is 113 cm³/mol. The summed E-state index contributed by atoms with van der Waals surface area (Å²) in [5.74, 6) is -0.122. The lowest BCUT2D eigenvalue weighted by Gasteiger charge is -2.13. The first kappa shape index (κ1) is 23.0. The maximum Gasteiger partial charge on any atom is 0.418 e. The van der Waals surface area contributed by atoms with Crippen LogP contribution in [0.2, 0.25) is 0 Å². The minimum atomic E-state index is -4.96. The van der Waals surface area contributed by atoms with Crippen molar-refractivity contribution in [3.05, 3.63) is 99.6 Å². The first-order valence-corrected chi connectivity index (χ1v) is 9.29. The van der Waals surface area contributed by atoms with E-state index in [1.165, 1.54) is 6.08 Å². The van der Waals surface area contributed by atoms with E-state index >= 15 is 0 Å². The number of carbonyl (C=O) groups excluding carboxylic acids is 1. The van der Waals surface area contributed by atoms with Crippen molar-refractivity contribution in [2.24, 2.45) is 0 Å². The summed E-state index contributed by atoms with van der Waals surface area (Å²) in [7, 11) is 0. The molecular formula is C23H14F3N3O4. The van der Waals surface area contributed by atoms with Gasteiger partial charge in [-0.2, -0.15) is 18.4 Å². The molecular weight excluding hydrogens is 439 g/mol. The Morgan fingerprint density at radius 1 is 1.03 bits per heavy atom. The Balaban J connectivity index is 1.86. The third kappa shape index (κ3) is 5.95. The molecule has 0 aliphatic heterocycles. The molecule has 0 saturated carbocycles. The number of rotatable bonds is 6. The van der Waals surface area contributed by atoms with Crippen LogP contribution in [0.3, 0.4) is 0 Å². The first-order chi connectivity index (χ1) is 15.7. The highest BCUT2D eigenvalue weighted by Crippen LogP contribution is 2.37. The van der Waals surface area contributed by atoms with Gasteiger partial charge in [0.15, 0.2) is 0 Å². The lowest BCUT2D eigenvalue weighted by Crippen LogP contribution is -2.18. The highest BCUT2D eigenvalue weighted by molar-refractivity contribution is 6.10. The van der Waals surface area contributed by atoms with E-state index < -0.39 is 39.5 Å². The molecule has 10 heteroatoms. The van der Waals surface area contributed by atoms with Gasteiger partial charge in [0.2, 0.25) is 0 Å². The van der Waals surface area contributed by atoms with E-state index in [-0.39, 0.29) is 0 Å². The Morgan fingerprint density at radius 3 is 2.36 bits per heavy atom. The second-order valence-corrected chi connectivity index (χ2v) is 6.60. The van der Waals surface area contributed by atoms with Crippen LogP contribution < -0.4 is 10.1 Å². The van der Waals surface area contributed by atoms with E-state index in [1.807, 2.05) is 11.4 Å². The monoisotopic (exact) mass is 453 g/mol. The molecule has 0 atom stereocenters. The van der Waals surface area contributed by atoms with Gasteiger partial charge in [0.05, 0.1) is 16.2 Å². The quantitative estimate of drug-likeness (QED) is 0.215. The summed E-state index contributed by atoms with van der Waals surface area (Å²) in [5, 5.41) is 22.2. The van der Waals surface area contributed by atoms with Crippen molar-refractivity contribution >= 4 is 23.4 Å². The molecule has 33 heavy (non-hydrogen) atoms. The van der Waals surface area contributed by atoms with Crippen LogP contribution in [0.25, 0.3) is 6.08 Å². The van der Waals surface area contributed by atoms with E-state index in [0.29, 0.717) is 23.1 Å². The fourth-order valence-electron chi connectivity index (χ4n) is 2.79. The van der Waals surface area contributed by atoms with Gasteiger partial charge in [-0.3, -0.25) is 14.9 Å². The van der Waals surface area contributed by atoms with Gasteiger partial charge in [-0.25, -0.2) is 0 Å². The number of non-ortho nitro benzene ring substituents is 1. The van der Waals surface area contributed by atoms with Crippen molar-refractivity contribution in [3.63, 3.8) is 0 Å². The number of nitrogens with one attached hydrogen (secondary N) is 1. The van der Waals surface area contributed by atoms with Gasteiger partial charge in [0.25, 0.3) is 11.6 Å². The highest BCUT2D eigenvalue weighted by atomic mass is 19.4. The summed E-state index contributed by atoms with van der Waals surface area (Å²) in [5.41, 5.74) is -2.97. The number of anilines is 1. The molecule has 0 radical (unpaired) electrons. The summed E-state index contributed by atoms with van der Waals surface area (Å²) in [6, 6.07) is 18.8. The average Bonchev–Trinajstić information content (AvgIpc) is 2.77. The van der Waals surface area contributed by atoms with E-state index in [2.05, 4.69) is 0 Å². The molecule has 1 amide bonds. The fraction of sp³-hybridized carbons (Fsp3) is 0.0435. The number of alkyl halides is 3. The van der Waals surface area contributed by atoms with Gasteiger partial charge in [0, 0.05) is 12.1 Å². The van der Waals surface area contributed by atoms with Crippen LogP contribution in [0.5, 0.6) is 11.5 Å². The summed E-state index contributed by atoms with van der Waals surface area (Å²) in [4.78, 5) is 22.3. The zero-order valence-electron chi connectivity index (χ0n) is 16.7. The number of halogens is 3. The van der Waals surface area contributed by atoms with Crippen LogP contribution in [0.4, 0.5) is 24.5 Å². The molecule has 0 heterocycles. The molecule has 0 unspecified atom stereocenters. The van der Waals surface area contributed by atoms with E-state index in [0.717, 1.165) is 12.1 Å². The molecule has 0 bridgehead atoms. The Kier molecular flexibility index (Phi) is 6.74. The smallest absolute Gasteiger partial charge is 0.418 e. The van der Waals surface area contributed by atoms with Gasteiger partial charge in [0.1, 0.15) is 23.1 Å². The summed E-state index contributed by atoms with van der Waals surface area (Å²) < 4.78 is 45.7. The largest absolute Gasteiger partial charge is 0.457 e. The first-order valence-electron chi connectivity index (χ1n) is 9.29. The summed E-state index contributed by atoms with van der Waals surface area (Å²) in [6.07, 6.45) is -3.78. The lowest BCUT2D eigenvalue weighted by atomic mass is 10.1. The van der Waals surface area contributed by atoms with Crippen LogP contribution in [0.15, 0.2) is 78.4 Å². The van der Waals surface area contributed by atoms with Crippen molar-refractivity contribution in [2.45, 2.75) is 6.18 Å². The van der Waals surface area contributed by atoms with Crippen molar-refractivity contribution in [2.75, 3.05) is 5.32 Å². The second kappa shape index (κ2) is 9.65. The minimum absolute atomic E-state index is 0.315. The van der Waals surface area contributed by atoms with E-state index in [1.54, 1.807) is 54.6 Å². The third-order valence-electron chi connectivity index (χ3n) is 4.28. The number of amides is 1. The highest BCUT2D eigenvalue weighted by Gasteiger charge is 2.35. The van der Waals surface area contributed by atoms with Gasteiger partial charge >= 0.3 is 6.18 Å². The normalized spacial score (nSPS) is 11.4. The molecule has 3 aromatic rings. The van der Waals surface area contributed by atoms with Gasteiger partial charge in [-0.15, -0.1) is 0 Å². The number of benzene rings is 3. The number of nitro groups is 1. The molecule has 166 valence electrons. The van der Waals surface area contributed by atoms with Crippen molar-refractivity contribution in [1.82, 2.24) is 0 Å². The predicted octanol–water partition coefficient (Wildman–Crippen LogP) is 5.95. The molecule has 0 spiro atoms. The van der Waals surface area contributed by atoms with E-state index in [9.17, 15) is 33.3 Å². The van der Waals surface area contributed by atoms with Crippen LogP contribution in [-0.2, 0) is 11.0 Å². The summed E-state index contributed by atoms with van der Waals surface area (Å²) >= 11 is 0. The average molecular weight is 453 g/mol. The molecule has 3 rings (SSSR count). The lowest BCUT2D eigenvalue weighted by molar-refractivity contribution is -0.385. The Morgan fingerprint density at radius 2 is 1.73 bits per heavy atom. The molecule has 0 aliphatic carbocycles. The number of hydrogen-bond acceptors (Lipinski definition) is 5. The number of nitriles is 1. The van der Waals surface area contributed by atoms with Crippen LogP contribution in [-0.4, -0.2) is 10.8 Å². The molecule has 0 saturated heterocycles. The van der Waals surface area contributed by atoms with Crippen molar-refractivity contribution < 1.29 is 27.6 Å². The molecule has 0 aromatic heterocycles. The third-order valence-corrected chi connectivity index (χ3v) is 4.28. The number of para-hydroxylation sites is 1. The maximum absolute atomic E-state index is 13.3. The van der Waals surface area contributed by atoms with Gasteiger partial charge in [-0.1, -0.05) is 30.3 Å². The summed E-state index contributed by atoms with van der Waals surface area (Å²) in [6.45, 7) is 0. The van der Waals surface area contributed by atoms with Crippen LogP contribution >= 0.6 is 0 Å². The fourth-order valence-corrected chi connectivity index (χ4v) is 2.79. The molecule has 0 aliphatic rings. The molecule has 1 N–H and O–H groups in total. The zero-order chi connectivity index (χ0) is 24.0. The Labute approximate surface area is 185 Å². The van der Waals surface area contributed by atoms with Crippen LogP contribution in [0, 0.1) is 21.4 Å². The number of ether oxygens (including phenoxy) is 1. The number of nitrogens with zero attached hydrogens (tertiary/aromatic N) is 2. The minimum Gasteiger partial charge on any atom is -0.457 e. The second-order valence-electron chi connectivity index (χ2n) is 6.60. The van der Waals surface area contributed by atoms with Gasteiger partial charge < -0.3 is 10.1 Å². The Hall–Kier alpha value is -4.65. The maximum atomic E-state index is 13.3. The molecule has 7 nitrogen and oxygen atoms in total. The molecule has 0 fully saturated rings. The van der Waals surface area contributed by atoms with E-state index in [4.69, 9.17) is 4.74 Å². The van der Waals surface area contributed by atoms with Gasteiger partial charge in [-0.05, 0) is 42.0 Å². The number of hydrogen-bond donors (Lipinski definition) is 1. The SMILES string of the molecule is N#CC(=Cc1cccc(Oc2ccccc2)c1)C(=O)Nc1ccc([N+](=O)[O-])cc1C(F)(F)F. The van der Waals surface area contributed by atoms with Crippen LogP contribution in [0.1, 0.15) is 11.1 Å². The Bertz CT molecular complexity index is 1270. The van der Waals surface area contributed by atoms with Crippen molar-refractivity contribution in [1.29, 1.82) is 5.26 Å². The molecule has 3 aromatic carbocycles. The zero-order valence-corrected chi connectivity index (χ0v) is 16.7. The van der Waals surface area contributed by atoms with Crippen molar-refractivity contribution in [3.8, 4) is 17.6 Å². The number of carbonyl (C=O) groups is 1. The standard InChI is InChI=1S/C23H14F3N3O4/c24-23(25,26)20-13-17(29(31)32)9-10-21(20)28-22(30)16(14-27)11-15-5-4-8-19(12-15)33-18-6-2-1-3-7-18/h1-13H,(H,28,30).